The van der Waals surface area contributed by atoms with E-state index in [9.17, 15) is 10.0 Å². The second kappa shape index (κ2) is 8.60. The topological polar surface area (TPSA) is 116 Å². The van der Waals surface area contributed by atoms with Gasteiger partial charge >= 0.3 is 5.97 Å². The lowest BCUT2D eigenvalue weighted by atomic mass is 10.0. The number of nitrogens with one attached hydrogen (secondary N) is 2. The first-order valence-corrected chi connectivity index (χ1v) is 10.5. The first kappa shape index (κ1) is 20.0. The van der Waals surface area contributed by atoms with E-state index in [4.69, 9.17) is 5.11 Å². The molecule has 0 atom stereocenters. The zero-order chi connectivity index (χ0) is 21.1. The molecule has 0 amide bonds. The maximum absolute atomic E-state index is 10.7. The monoisotopic (exact) mass is 423 g/mol. The number of hydrogen-bond acceptors (Lipinski definition) is 6. The maximum atomic E-state index is 10.7. The molecule has 0 aliphatic heterocycles. The van der Waals surface area contributed by atoms with Gasteiger partial charge in [0.05, 0.1) is 11.4 Å². The van der Waals surface area contributed by atoms with Crippen molar-refractivity contribution in [2.24, 2.45) is 0 Å². The molecule has 8 nitrogen and oxygen atoms in total. The van der Waals surface area contributed by atoms with Gasteiger partial charge in [-0.3, -0.25) is 20.6 Å². The highest BCUT2D eigenvalue weighted by Crippen LogP contribution is 2.31. The van der Waals surface area contributed by atoms with Crippen molar-refractivity contribution >= 4 is 34.3 Å². The Morgan fingerprint density at radius 2 is 2.00 bits per heavy atom. The molecule has 0 spiro atoms. The highest BCUT2D eigenvalue weighted by molar-refractivity contribution is 7.99. The number of fused-ring (bicyclic) bond motifs is 1. The van der Waals surface area contributed by atoms with Crippen LogP contribution in [0.5, 0.6) is 0 Å². The number of benzene rings is 2. The summed E-state index contributed by atoms with van der Waals surface area (Å²) in [6.07, 6.45) is 3.17. The fourth-order valence-corrected chi connectivity index (χ4v) is 3.90. The third-order valence-electron chi connectivity index (χ3n) is 4.69. The maximum Gasteiger partial charge on any atom is 0.313 e. The highest BCUT2D eigenvalue weighted by atomic mass is 32.2. The van der Waals surface area contributed by atoms with Crippen molar-refractivity contribution in [3.63, 3.8) is 0 Å². The summed E-state index contributed by atoms with van der Waals surface area (Å²) in [6.45, 7) is 3.13. The Balaban J connectivity index is 1.69. The number of aryl methyl sites for hydroxylation is 1. The van der Waals surface area contributed by atoms with Gasteiger partial charge in [0.2, 0.25) is 5.16 Å². The van der Waals surface area contributed by atoms with Crippen molar-refractivity contribution in [1.82, 2.24) is 19.7 Å². The van der Waals surface area contributed by atoms with Crippen LogP contribution in [0.15, 0.2) is 53.8 Å². The molecule has 2 aromatic heterocycles. The van der Waals surface area contributed by atoms with E-state index in [1.165, 1.54) is 5.52 Å². The largest absolute Gasteiger partial charge is 0.481 e. The summed E-state index contributed by atoms with van der Waals surface area (Å²) < 4.78 is 2.24. The summed E-state index contributed by atoms with van der Waals surface area (Å²) in [5.41, 5.74) is 6.55. The number of hydrogen-bond donors (Lipinski definition) is 4. The molecule has 0 saturated carbocycles. The number of anilines is 1. The van der Waals surface area contributed by atoms with Crippen LogP contribution in [0.25, 0.3) is 33.4 Å². The van der Waals surface area contributed by atoms with Gasteiger partial charge in [0.15, 0.2) is 5.82 Å². The molecular formula is C21H21N5O3S. The fraction of sp³-hybridized carbons (Fsp3) is 0.190. The number of carboxylic acids is 1. The van der Waals surface area contributed by atoms with Crippen molar-refractivity contribution in [3.05, 3.63) is 48.7 Å². The van der Waals surface area contributed by atoms with Gasteiger partial charge in [-0.2, -0.15) is 0 Å². The Morgan fingerprint density at radius 1 is 1.17 bits per heavy atom. The molecule has 30 heavy (non-hydrogen) atoms. The van der Waals surface area contributed by atoms with Gasteiger partial charge in [0, 0.05) is 29.2 Å². The molecule has 4 aromatic rings. The minimum absolute atomic E-state index is 0.113. The quantitative estimate of drug-likeness (QED) is 0.244. The van der Waals surface area contributed by atoms with Crippen molar-refractivity contribution in [3.8, 4) is 22.5 Å². The lowest BCUT2D eigenvalue weighted by molar-refractivity contribution is -0.133. The molecule has 0 unspecified atom stereocenters. The standard InChI is InChI=1S/C21H21N5O3S/c1-2-6-26-7-5-14-8-13(3-4-18(14)26)15-9-16(11-17(10-15)25-29)20-22-21(24-23-20)30-12-19(27)28/h3-5,7-11,25,29H,2,6,12H2,1H3,(H,27,28)(H,22,23,24). The fourth-order valence-electron chi connectivity index (χ4n) is 3.38. The predicted molar refractivity (Wildman–Crippen MR) is 117 cm³/mol. The van der Waals surface area contributed by atoms with Gasteiger partial charge in [0.25, 0.3) is 0 Å². The number of aromatic amines is 1. The molecule has 9 heteroatoms. The van der Waals surface area contributed by atoms with Crippen LogP contribution in [0.3, 0.4) is 0 Å². The molecule has 0 saturated heterocycles. The SMILES string of the molecule is CCCn1ccc2cc(-c3cc(NO)cc(-c4nc(SCC(=O)O)n[nH]4)c3)ccc21. The smallest absolute Gasteiger partial charge is 0.313 e. The summed E-state index contributed by atoms with van der Waals surface area (Å²) in [5.74, 6) is -0.543. The van der Waals surface area contributed by atoms with Gasteiger partial charge in [0.1, 0.15) is 0 Å². The lowest BCUT2D eigenvalue weighted by Gasteiger charge is -2.09. The van der Waals surface area contributed by atoms with Crippen LogP contribution in [0, 0.1) is 0 Å². The summed E-state index contributed by atoms with van der Waals surface area (Å²) in [7, 11) is 0. The van der Waals surface area contributed by atoms with Crippen LogP contribution in [-0.2, 0) is 11.3 Å². The van der Waals surface area contributed by atoms with Crippen molar-refractivity contribution in [2.75, 3.05) is 11.2 Å². The minimum Gasteiger partial charge on any atom is -0.481 e. The Labute approximate surface area is 176 Å². The Morgan fingerprint density at radius 3 is 2.77 bits per heavy atom. The number of H-pyrrole nitrogens is 1. The first-order chi connectivity index (χ1) is 14.6. The molecular weight excluding hydrogens is 402 g/mol. The van der Waals surface area contributed by atoms with Gasteiger partial charge in [-0.15, -0.1) is 5.10 Å². The summed E-state index contributed by atoms with van der Waals surface area (Å²) in [5, 5.41) is 26.7. The van der Waals surface area contributed by atoms with Gasteiger partial charge < -0.3 is 9.67 Å². The summed E-state index contributed by atoms with van der Waals surface area (Å²) in [4.78, 5) is 15.1. The second-order valence-corrected chi connectivity index (χ2v) is 7.79. The van der Waals surface area contributed by atoms with Crippen LogP contribution < -0.4 is 5.48 Å². The normalized spacial score (nSPS) is 11.1. The Hall–Kier alpha value is -3.30. The average molecular weight is 423 g/mol. The highest BCUT2D eigenvalue weighted by Gasteiger charge is 2.12. The lowest BCUT2D eigenvalue weighted by Crippen LogP contribution is -1.97. The molecule has 4 rings (SSSR count). The van der Waals surface area contributed by atoms with E-state index in [1.807, 2.05) is 12.1 Å². The van der Waals surface area contributed by atoms with E-state index in [1.54, 1.807) is 6.07 Å². The Bertz CT molecular complexity index is 1200. The molecule has 4 N–H and O–H groups in total. The van der Waals surface area contributed by atoms with Gasteiger partial charge in [-0.05, 0) is 53.9 Å². The number of aliphatic carboxylic acids is 1. The predicted octanol–water partition coefficient (Wildman–Crippen LogP) is 4.48. The van der Waals surface area contributed by atoms with Crippen LogP contribution >= 0.6 is 11.8 Å². The zero-order valence-corrected chi connectivity index (χ0v) is 17.1. The number of thioether (sulfide) groups is 1. The number of carbonyl (C=O) groups is 1. The molecule has 0 aliphatic carbocycles. The molecule has 0 fully saturated rings. The number of rotatable bonds is 8. The van der Waals surface area contributed by atoms with E-state index in [2.05, 4.69) is 62.6 Å². The molecule has 2 heterocycles. The van der Waals surface area contributed by atoms with Crippen molar-refractivity contribution in [2.45, 2.75) is 25.0 Å². The van der Waals surface area contributed by atoms with E-state index < -0.39 is 5.97 Å². The summed E-state index contributed by atoms with van der Waals surface area (Å²) in [6, 6.07) is 13.9. The zero-order valence-electron chi connectivity index (χ0n) is 16.3. The van der Waals surface area contributed by atoms with E-state index >= 15 is 0 Å². The van der Waals surface area contributed by atoms with E-state index in [0.717, 1.165) is 46.8 Å². The van der Waals surface area contributed by atoms with Crippen molar-refractivity contribution in [1.29, 1.82) is 0 Å². The number of carboxylic acid groups (broad SMARTS) is 1. The Kier molecular flexibility index (Phi) is 5.73. The molecule has 0 aliphatic rings. The van der Waals surface area contributed by atoms with Gasteiger partial charge in [-0.1, -0.05) is 24.8 Å². The first-order valence-electron chi connectivity index (χ1n) is 9.49. The third-order valence-corrected chi connectivity index (χ3v) is 5.53. The van der Waals surface area contributed by atoms with Crippen LogP contribution in [0.4, 0.5) is 5.69 Å². The third kappa shape index (κ3) is 4.17. The second-order valence-electron chi connectivity index (χ2n) is 6.84. The van der Waals surface area contributed by atoms with E-state index in [-0.39, 0.29) is 5.75 Å². The number of aromatic nitrogens is 4. The summed E-state index contributed by atoms with van der Waals surface area (Å²) >= 11 is 1.04. The molecule has 154 valence electrons. The van der Waals surface area contributed by atoms with E-state index in [0.29, 0.717) is 16.7 Å². The molecule has 0 radical (unpaired) electrons. The van der Waals surface area contributed by atoms with Crippen LogP contribution in [-0.4, -0.2) is 41.8 Å². The molecule has 2 aromatic carbocycles. The van der Waals surface area contributed by atoms with Crippen LogP contribution in [0.1, 0.15) is 13.3 Å². The molecule has 0 bridgehead atoms. The minimum atomic E-state index is -0.928. The van der Waals surface area contributed by atoms with Crippen molar-refractivity contribution < 1.29 is 15.1 Å². The number of nitrogens with zero attached hydrogens (tertiary/aromatic N) is 3. The van der Waals surface area contributed by atoms with Crippen LogP contribution in [0.2, 0.25) is 0 Å². The van der Waals surface area contributed by atoms with Gasteiger partial charge in [-0.25, -0.2) is 4.98 Å². The average Bonchev–Trinajstić information content (AvgIpc) is 3.39.